The van der Waals surface area contributed by atoms with Gasteiger partial charge >= 0.3 is 0 Å². The Bertz CT molecular complexity index is 1220. The van der Waals surface area contributed by atoms with Crippen LogP contribution < -0.4 is 16.0 Å². The zero-order chi connectivity index (χ0) is 23.4. The van der Waals surface area contributed by atoms with Crippen LogP contribution in [0.15, 0.2) is 59.6 Å². The van der Waals surface area contributed by atoms with Gasteiger partial charge in [-0.2, -0.15) is 9.29 Å². The molecule has 1 fully saturated rings. The molecule has 1 saturated heterocycles. The first-order chi connectivity index (χ1) is 15.8. The maximum atomic E-state index is 13.4. The summed E-state index contributed by atoms with van der Waals surface area (Å²) in [6.45, 7) is 1.61. The minimum Gasteiger partial charge on any atom is -0.340 e. The summed E-state index contributed by atoms with van der Waals surface area (Å²) in [7, 11) is -1.98. The summed E-state index contributed by atoms with van der Waals surface area (Å²) in [5, 5.41) is 9.13. The monoisotopic (exact) mass is 510 g/mol. The minimum absolute atomic E-state index is 0. The van der Waals surface area contributed by atoms with Crippen LogP contribution in [0.5, 0.6) is 0 Å². The van der Waals surface area contributed by atoms with Gasteiger partial charge in [0.1, 0.15) is 5.82 Å². The van der Waals surface area contributed by atoms with Gasteiger partial charge in [-0.25, -0.2) is 22.2 Å². The minimum atomic E-state index is -3.60. The number of nitrogens with one attached hydrogen (secondary N) is 3. The second kappa shape index (κ2) is 11.0. The number of halogens is 3. The Morgan fingerprint density at radius 3 is 2.32 bits per heavy atom. The Hall–Kier alpha value is -2.86. The summed E-state index contributed by atoms with van der Waals surface area (Å²) in [5.41, 5.74) is 0.939. The van der Waals surface area contributed by atoms with Gasteiger partial charge in [-0.1, -0.05) is 0 Å². The fourth-order valence-corrected chi connectivity index (χ4v) is 5.00. The number of aromatic nitrogens is 2. The maximum Gasteiger partial charge on any atom is 0.243 e. The summed E-state index contributed by atoms with van der Waals surface area (Å²) < 4.78 is 53.9. The first-order valence-corrected chi connectivity index (χ1v) is 11.9. The van der Waals surface area contributed by atoms with Crippen LogP contribution >= 0.6 is 12.4 Å². The van der Waals surface area contributed by atoms with Crippen LogP contribution in [0.4, 0.5) is 31.9 Å². The maximum absolute atomic E-state index is 13.4. The Morgan fingerprint density at radius 1 is 0.971 bits per heavy atom. The van der Waals surface area contributed by atoms with E-state index >= 15 is 0 Å². The van der Waals surface area contributed by atoms with Crippen LogP contribution in [0.1, 0.15) is 12.8 Å². The van der Waals surface area contributed by atoms with Gasteiger partial charge < -0.3 is 16.0 Å². The summed E-state index contributed by atoms with van der Waals surface area (Å²) in [5.74, 6) is -1.27. The second-order valence-corrected chi connectivity index (χ2v) is 9.67. The molecule has 0 aliphatic carbocycles. The fraction of sp³-hybridized carbons (Fsp3) is 0.273. The predicted octanol–water partition coefficient (Wildman–Crippen LogP) is 4.04. The van der Waals surface area contributed by atoms with E-state index in [1.165, 1.54) is 16.6 Å². The molecular formula is C22H25ClF2N6O2S. The van der Waals surface area contributed by atoms with Crippen molar-refractivity contribution in [1.82, 2.24) is 19.6 Å². The summed E-state index contributed by atoms with van der Waals surface area (Å²) in [4.78, 5) is 8.65. The van der Waals surface area contributed by atoms with Crippen LogP contribution in [0.2, 0.25) is 0 Å². The third kappa shape index (κ3) is 5.98. The lowest BCUT2D eigenvalue weighted by atomic mass is 10.1. The van der Waals surface area contributed by atoms with E-state index in [2.05, 4.69) is 25.9 Å². The van der Waals surface area contributed by atoms with E-state index in [9.17, 15) is 17.2 Å². The van der Waals surface area contributed by atoms with Crippen molar-refractivity contribution in [3.05, 3.63) is 66.4 Å². The first kappa shape index (κ1) is 25.8. The molecule has 0 unspecified atom stereocenters. The molecule has 3 N–H and O–H groups in total. The number of sulfonamides is 1. The molecule has 182 valence electrons. The number of nitrogens with zero attached hydrogens (tertiary/aromatic N) is 3. The Morgan fingerprint density at radius 2 is 1.65 bits per heavy atom. The third-order valence-corrected chi connectivity index (χ3v) is 7.38. The summed E-state index contributed by atoms with van der Waals surface area (Å²) >= 11 is 0. The third-order valence-electron chi connectivity index (χ3n) is 5.46. The molecule has 2 heterocycles. The van der Waals surface area contributed by atoms with E-state index in [1.807, 2.05) is 0 Å². The van der Waals surface area contributed by atoms with Gasteiger partial charge in [-0.3, -0.25) is 0 Å². The average molecular weight is 511 g/mol. The number of hydrogen-bond donors (Lipinski definition) is 3. The van der Waals surface area contributed by atoms with Crippen molar-refractivity contribution in [3.63, 3.8) is 0 Å². The van der Waals surface area contributed by atoms with E-state index in [0.29, 0.717) is 17.2 Å². The van der Waals surface area contributed by atoms with Crippen molar-refractivity contribution in [1.29, 1.82) is 0 Å². The average Bonchev–Trinajstić information content (AvgIpc) is 2.82. The highest BCUT2D eigenvalue weighted by Crippen LogP contribution is 2.24. The van der Waals surface area contributed by atoms with Gasteiger partial charge in [-0.15, -0.1) is 12.4 Å². The van der Waals surface area contributed by atoms with E-state index in [4.69, 9.17) is 0 Å². The van der Waals surface area contributed by atoms with Crippen molar-refractivity contribution in [2.24, 2.45) is 0 Å². The molecule has 1 aliphatic rings. The molecule has 3 aromatic rings. The number of benzene rings is 2. The lowest BCUT2D eigenvalue weighted by molar-refractivity contribution is 0.296. The van der Waals surface area contributed by atoms with Crippen molar-refractivity contribution in [2.75, 3.05) is 30.8 Å². The van der Waals surface area contributed by atoms with Crippen LogP contribution in [-0.4, -0.2) is 48.9 Å². The van der Waals surface area contributed by atoms with Crippen LogP contribution in [0.25, 0.3) is 0 Å². The van der Waals surface area contributed by atoms with Crippen molar-refractivity contribution in [3.8, 4) is 0 Å². The van der Waals surface area contributed by atoms with Crippen molar-refractivity contribution in [2.45, 2.75) is 23.8 Å². The SMILES string of the molecule is CN(C1CCNCC1)S(=O)(=O)c1ccc(Nc2nccc(Nc3ccc(F)c(F)c3)n2)cc1.Cl. The predicted molar refractivity (Wildman–Crippen MR) is 129 cm³/mol. The van der Waals surface area contributed by atoms with Gasteiger partial charge in [0.2, 0.25) is 16.0 Å². The Kier molecular flexibility index (Phi) is 8.37. The van der Waals surface area contributed by atoms with Gasteiger partial charge in [0, 0.05) is 36.7 Å². The number of rotatable bonds is 7. The molecule has 0 atom stereocenters. The molecule has 1 aliphatic heterocycles. The topological polar surface area (TPSA) is 99.3 Å². The number of anilines is 4. The highest BCUT2D eigenvalue weighted by atomic mass is 35.5. The molecule has 4 rings (SSSR count). The molecule has 0 amide bonds. The largest absolute Gasteiger partial charge is 0.340 e. The van der Waals surface area contributed by atoms with Crippen molar-refractivity contribution < 1.29 is 17.2 Å². The smallest absolute Gasteiger partial charge is 0.243 e. The Balaban J connectivity index is 0.00000324. The van der Waals surface area contributed by atoms with Gasteiger partial charge in [0.25, 0.3) is 0 Å². The molecule has 1 aromatic heterocycles. The van der Waals surface area contributed by atoms with Gasteiger partial charge in [-0.05, 0) is 68.4 Å². The Labute approximate surface area is 203 Å². The highest BCUT2D eigenvalue weighted by molar-refractivity contribution is 7.89. The van der Waals surface area contributed by atoms with E-state index in [1.54, 1.807) is 37.4 Å². The zero-order valence-corrected chi connectivity index (χ0v) is 20.0. The molecule has 0 saturated carbocycles. The van der Waals surface area contributed by atoms with E-state index < -0.39 is 21.7 Å². The second-order valence-electron chi connectivity index (χ2n) is 7.67. The zero-order valence-electron chi connectivity index (χ0n) is 18.3. The summed E-state index contributed by atoms with van der Waals surface area (Å²) in [6.07, 6.45) is 3.06. The van der Waals surface area contributed by atoms with Crippen LogP contribution in [0, 0.1) is 11.6 Å². The molecular weight excluding hydrogens is 486 g/mol. The van der Waals surface area contributed by atoms with Gasteiger partial charge in [0.05, 0.1) is 4.90 Å². The lowest BCUT2D eigenvalue weighted by Gasteiger charge is -2.30. The molecule has 34 heavy (non-hydrogen) atoms. The normalized spacial score (nSPS) is 14.5. The number of piperidine rings is 1. The summed E-state index contributed by atoms with van der Waals surface area (Å²) in [6, 6.07) is 11.4. The molecule has 0 radical (unpaired) electrons. The first-order valence-electron chi connectivity index (χ1n) is 10.4. The number of hydrogen-bond acceptors (Lipinski definition) is 7. The van der Waals surface area contributed by atoms with Crippen molar-refractivity contribution >= 4 is 45.6 Å². The lowest BCUT2D eigenvalue weighted by Crippen LogP contribution is -2.43. The van der Waals surface area contributed by atoms with Gasteiger partial charge in [0.15, 0.2) is 11.6 Å². The van der Waals surface area contributed by atoms with Crippen LogP contribution in [-0.2, 0) is 10.0 Å². The fourth-order valence-electron chi connectivity index (χ4n) is 3.58. The van der Waals surface area contributed by atoms with Crippen LogP contribution in [0.3, 0.4) is 0 Å². The molecule has 8 nitrogen and oxygen atoms in total. The quantitative estimate of drug-likeness (QED) is 0.441. The molecule has 12 heteroatoms. The highest BCUT2D eigenvalue weighted by Gasteiger charge is 2.28. The molecule has 2 aromatic carbocycles. The van der Waals surface area contributed by atoms with E-state index in [-0.39, 0.29) is 29.3 Å². The molecule has 0 spiro atoms. The standard InChI is InChI=1S/C22H24F2N6O2S.ClH/c1-30(17-8-11-25-12-9-17)33(31,32)18-5-2-15(3-6-18)28-22-26-13-10-21(29-22)27-16-4-7-19(23)20(24)14-16;/h2-7,10,13-14,17,25H,8-9,11-12H2,1H3,(H2,26,27,28,29);1H. The van der Waals surface area contributed by atoms with E-state index in [0.717, 1.165) is 38.1 Å². The molecule has 0 bridgehead atoms.